The maximum Gasteiger partial charge on any atom is 0.142 e. The minimum atomic E-state index is -0.418. The quantitative estimate of drug-likeness (QED) is 0.835. The summed E-state index contributed by atoms with van der Waals surface area (Å²) in [5.41, 5.74) is 0.779. The van der Waals surface area contributed by atoms with E-state index in [1.165, 1.54) is 12.1 Å². The lowest BCUT2D eigenvalue weighted by Gasteiger charge is -2.31. The molecule has 6 heteroatoms. The molecular weight excluding hydrogens is 312 g/mol. The zero-order chi connectivity index (χ0) is 15.4. The molecule has 1 N–H and O–H groups in total. The molecule has 0 amide bonds. The third kappa shape index (κ3) is 4.54. The van der Waals surface area contributed by atoms with Gasteiger partial charge in [-0.25, -0.2) is 4.39 Å². The summed E-state index contributed by atoms with van der Waals surface area (Å²) < 4.78 is 13.6. The second-order valence-corrected chi connectivity index (χ2v) is 6.35. The molecule has 1 aromatic carbocycles. The molecule has 0 saturated carbocycles. The summed E-state index contributed by atoms with van der Waals surface area (Å²) in [6.45, 7) is 8.22. The van der Waals surface area contributed by atoms with Crippen LogP contribution < -0.4 is 5.32 Å². The average molecular weight is 334 g/mol. The van der Waals surface area contributed by atoms with Gasteiger partial charge >= 0.3 is 0 Å². The highest BCUT2D eigenvalue weighted by Gasteiger charge is 2.18. The summed E-state index contributed by atoms with van der Waals surface area (Å²) in [7, 11) is 2.04. The van der Waals surface area contributed by atoms with Gasteiger partial charge in [-0.1, -0.05) is 23.2 Å². The van der Waals surface area contributed by atoms with Crippen LogP contribution in [-0.4, -0.2) is 56.1 Å². The van der Waals surface area contributed by atoms with Crippen molar-refractivity contribution < 1.29 is 4.39 Å². The van der Waals surface area contributed by atoms with Crippen LogP contribution in [0.2, 0.25) is 10.0 Å². The molecule has 0 spiro atoms. The molecule has 1 heterocycles. The fourth-order valence-electron chi connectivity index (χ4n) is 2.52. The first kappa shape index (κ1) is 17.0. The van der Waals surface area contributed by atoms with Crippen LogP contribution in [0.3, 0.4) is 0 Å². The SMILES string of the molecule is CC(c1cc(F)c(Cl)cc1Cl)N(C)CCN1CCNCC1. The van der Waals surface area contributed by atoms with E-state index in [2.05, 4.69) is 15.1 Å². The molecule has 1 aliphatic heterocycles. The summed E-state index contributed by atoms with van der Waals surface area (Å²) in [5, 5.41) is 3.93. The highest BCUT2D eigenvalue weighted by molar-refractivity contribution is 6.35. The maximum absolute atomic E-state index is 13.6. The minimum absolute atomic E-state index is 0.0483. The standard InChI is InChI=1S/C15H22Cl2FN3/c1-11(12-9-15(18)14(17)10-13(12)16)20(2)7-8-21-5-3-19-4-6-21/h9-11,19H,3-8H2,1-2H3. The van der Waals surface area contributed by atoms with Crippen molar-refractivity contribution in [3.05, 3.63) is 33.6 Å². The van der Waals surface area contributed by atoms with Crippen LogP contribution in [0.1, 0.15) is 18.5 Å². The Morgan fingerprint density at radius 1 is 1.29 bits per heavy atom. The fraction of sp³-hybridized carbons (Fsp3) is 0.600. The van der Waals surface area contributed by atoms with Crippen molar-refractivity contribution in [2.45, 2.75) is 13.0 Å². The smallest absolute Gasteiger partial charge is 0.142 e. The van der Waals surface area contributed by atoms with E-state index in [0.717, 1.165) is 44.8 Å². The molecule has 1 saturated heterocycles. The van der Waals surface area contributed by atoms with E-state index in [1.54, 1.807) is 0 Å². The molecule has 0 bridgehead atoms. The topological polar surface area (TPSA) is 18.5 Å². The first-order valence-electron chi connectivity index (χ1n) is 7.27. The molecule has 1 unspecified atom stereocenters. The molecule has 1 fully saturated rings. The molecule has 118 valence electrons. The van der Waals surface area contributed by atoms with Gasteiger partial charge in [-0.05, 0) is 31.7 Å². The Balaban J connectivity index is 1.95. The Morgan fingerprint density at radius 2 is 1.95 bits per heavy atom. The van der Waals surface area contributed by atoms with Gasteiger partial charge in [0.25, 0.3) is 0 Å². The number of benzene rings is 1. The van der Waals surface area contributed by atoms with Crippen molar-refractivity contribution in [2.24, 2.45) is 0 Å². The number of rotatable bonds is 5. The molecule has 1 aromatic rings. The molecule has 1 atom stereocenters. The summed E-state index contributed by atoms with van der Waals surface area (Å²) in [5.74, 6) is -0.418. The molecule has 0 aromatic heterocycles. The Kier molecular flexibility index (Phi) is 6.26. The molecule has 0 radical (unpaired) electrons. The van der Waals surface area contributed by atoms with E-state index < -0.39 is 5.82 Å². The van der Waals surface area contributed by atoms with Crippen molar-refractivity contribution >= 4 is 23.2 Å². The van der Waals surface area contributed by atoms with Gasteiger partial charge in [-0.3, -0.25) is 9.80 Å². The maximum atomic E-state index is 13.6. The monoisotopic (exact) mass is 333 g/mol. The van der Waals surface area contributed by atoms with Gasteiger partial charge in [0.2, 0.25) is 0 Å². The van der Waals surface area contributed by atoms with E-state index in [-0.39, 0.29) is 11.1 Å². The van der Waals surface area contributed by atoms with Crippen LogP contribution in [0.25, 0.3) is 0 Å². The lowest BCUT2D eigenvalue weighted by atomic mass is 10.1. The zero-order valence-corrected chi connectivity index (χ0v) is 14.0. The van der Waals surface area contributed by atoms with Gasteiger partial charge in [0.05, 0.1) is 5.02 Å². The first-order chi connectivity index (χ1) is 9.99. The molecule has 2 rings (SSSR count). The Morgan fingerprint density at radius 3 is 2.62 bits per heavy atom. The number of halogens is 3. The highest BCUT2D eigenvalue weighted by atomic mass is 35.5. The highest BCUT2D eigenvalue weighted by Crippen LogP contribution is 2.30. The van der Waals surface area contributed by atoms with Crippen molar-refractivity contribution in [3.63, 3.8) is 0 Å². The van der Waals surface area contributed by atoms with Gasteiger partial charge in [0, 0.05) is 50.3 Å². The summed E-state index contributed by atoms with van der Waals surface area (Å²) >= 11 is 11.9. The van der Waals surface area contributed by atoms with Gasteiger partial charge < -0.3 is 5.32 Å². The lowest BCUT2D eigenvalue weighted by Crippen LogP contribution is -2.46. The Labute approximate surface area is 136 Å². The van der Waals surface area contributed by atoms with Crippen molar-refractivity contribution in [3.8, 4) is 0 Å². The van der Waals surface area contributed by atoms with Gasteiger partial charge in [0.1, 0.15) is 5.82 Å². The lowest BCUT2D eigenvalue weighted by molar-refractivity contribution is 0.183. The molecule has 21 heavy (non-hydrogen) atoms. The molecule has 3 nitrogen and oxygen atoms in total. The van der Waals surface area contributed by atoms with Crippen LogP contribution in [0, 0.1) is 5.82 Å². The van der Waals surface area contributed by atoms with Crippen molar-refractivity contribution in [1.82, 2.24) is 15.1 Å². The van der Waals surface area contributed by atoms with Gasteiger partial charge in [-0.2, -0.15) is 0 Å². The Bertz CT molecular complexity index is 478. The number of nitrogens with one attached hydrogen (secondary N) is 1. The largest absolute Gasteiger partial charge is 0.314 e. The predicted octanol–water partition coefficient (Wildman–Crippen LogP) is 3.03. The summed E-state index contributed by atoms with van der Waals surface area (Å²) in [4.78, 5) is 4.63. The third-order valence-corrected chi connectivity index (χ3v) is 4.75. The van der Waals surface area contributed by atoms with Gasteiger partial charge in [-0.15, -0.1) is 0 Å². The average Bonchev–Trinajstić information content (AvgIpc) is 2.49. The first-order valence-corrected chi connectivity index (χ1v) is 8.02. The fourth-order valence-corrected chi connectivity index (χ4v) is 3.06. The molecule has 0 aliphatic carbocycles. The van der Waals surface area contributed by atoms with Crippen LogP contribution in [0.4, 0.5) is 4.39 Å². The Hall–Kier alpha value is -0.390. The van der Waals surface area contributed by atoms with E-state index >= 15 is 0 Å². The van der Waals surface area contributed by atoms with E-state index in [4.69, 9.17) is 23.2 Å². The second kappa shape index (κ2) is 7.75. The van der Waals surface area contributed by atoms with Crippen LogP contribution in [0.5, 0.6) is 0 Å². The van der Waals surface area contributed by atoms with Crippen molar-refractivity contribution in [1.29, 1.82) is 0 Å². The normalized spacial score (nSPS) is 18.2. The van der Waals surface area contributed by atoms with Crippen LogP contribution in [0.15, 0.2) is 12.1 Å². The third-order valence-electron chi connectivity index (χ3n) is 4.13. The van der Waals surface area contributed by atoms with E-state index in [0.29, 0.717) is 5.02 Å². The molecular formula is C15H22Cl2FN3. The van der Waals surface area contributed by atoms with E-state index in [9.17, 15) is 4.39 Å². The van der Waals surface area contributed by atoms with Crippen LogP contribution >= 0.6 is 23.2 Å². The molecule has 1 aliphatic rings. The number of piperazine rings is 1. The number of likely N-dealkylation sites (N-methyl/N-ethyl adjacent to an activating group) is 1. The predicted molar refractivity (Wildman–Crippen MR) is 86.8 cm³/mol. The van der Waals surface area contributed by atoms with Gasteiger partial charge in [0.15, 0.2) is 0 Å². The number of nitrogens with zero attached hydrogens (tertiary/aromatic N) is 2. The second-order valence-electron chi connectivity index (χ2n) is 5.54. The summed E-state index contributed by atoms with van der Waals surface area (Å²) in [6, 6.07) is 2.97. The van der Waals surface area contributed by atoms with E-state index in [1.807, 2.05) is 14.0 Å². The van der Waals surface area contributed by atoms with Crippen LogP contribution in [-0.2, 0) is 0 Å². The zero-order valence-electron chi connectivity index (χ0n) is 12.5. The number of hydrogen-bond donors (Lipinski definition) is 1. The summed E-state index contributed by atoms with van der Waals surface area (Å²) in [6.07, 6.45) is 0. The van der Waals surface area contributed by atoms with Crippen molar-refractivity contribution in [2.75, 3.05) is 46.3 Å². The number of hydrogen-bond acceptors (Lipinski definition) is 3. The minimum Gasteiger partial charge on any atom is -0.314 e.